The van der Waals surface area contributed by atoms with Gasteiger partial charge in [0.1, 0.15) is 0 Å². The Hall–Kier alpha value is -5.06. The zero-order valence-corrected chi connectivity index (χ0v) is 18.2. The summed E-state index contributed by atoms with van der Waals surface area (Å²) >= 11 is 0. The molecule has 34 heteroatoms. The van der Waals surface area contributed by atoms with Gasteiger partial charge in [0, 0.05) is 0 Å². The van der Waals surface area contributed by atoms with E-state index in [1.807, 2.05) is 0 Å². The first kappa shape index (κ1) is 63.0. The van der Waals surface area contributed by atoms with Crippen molar-refractivity contribution in [1.29, 1.82) is 0 Å². The maximum Gasteiger partial charge on any atom is 3.00 e. The molecule has 8 N–H and O–H groups in total. The summed E-state index contributed by atoms with van der Waals surface area (Å²) in [6.45, 7) is 0. The molecule has 33 nitrogen and oxygen atoms in total. The molecule has 0 heterocycles. The number of rotatable bonds is 0. The zero-order valence-electron chi connectivity index (χ0n) is 15.0. The van der Waals surface area contributed by atoms with E-state index < -0.39 is 40.7 Å². The molecule has 0 unspecified atom stereocenters. The van der Waals surface area contributed by atoms with Crippen LogP contribution in [-0.2, 0) is 0 Å². The standard InChI is InChI=1S/Ce.4HNO3.4NO3.H3N/c;8*2-1(3)4;/h;4*(H,2,3,4);;;;;1H3/q+3;;;;;4*-1;/p+1. The van der Waals surface area contributed by atoms with E-state index >= 15 is 0 Å². The van der Waals surface area contributed by atoms with Crippen molar-refractivity contribution < 1.29 is 103 Å². The average molecular weight is 658 g/mol. The molecule has 0 atom stereocenters. The van der Waals surface area contributed by atoms with Gasteiger partial charge in [-0.25, -0.2) is 0 Å². The van der Waals surface area contributed by atoms with E-state index in [1.165, 1.54) is 0 Å². The van der Waals surface area contributed by atoms with Crippen molar-refractivity contribution in [1.82, 2.24) is 6.15 Å². The number of hydrogen-bond donors (Lipinski definition) is 5. The Morgan fingerprint density at radius 2 is 0.324 bits per heavy atom. The molecular formula is H8CeN9O24. The summed E-state index contributed by atoms with van der Waals surface area (Å²) in [7, 11) is 0. The predicted molar refractivity (Wildman–Crippen MR) is 82.6 cm³/mol. The Morgan fingerprint density at radius 1 is 0.324 bits per heavy atom. The van der Waals surface area contributed by atoms with Crippen LogP contribution in [0, 0.1) is 143 Å². The van der Waals surface area contributed by atoms with Gasteiger partial charge in [-0.1, -0.05) is 0 Å². The first-order valence-corrected chi connectivity index (χ1v) is 4.45. The molecule has 0 aliphatic carbocycles. The first-order chi connectivity index (χ1) is 13.9. The van der Waals surface area contributed by atoms with Gasteiger partial charge >= 0.3 is 41.7 Å². The summed E-state index contributed by atoms with van der Waals surface area (Å²) in [4.78, 5) is 66.4. The fourth-order valence-electron chi connectivity index (χ4n) is 0. The molecule has 0 spiro atoms. The maximum atomic E-state index is 8.36. The third-order valence-corrected chi connectivity index (χ3v) is 0. The predicted octanol–water partition coefficient (Wildman–Crippen LogP) is -1.97. The van der Waals surface area contributed by atoms with Gasteiger partial charge in [0.05, 0.1) is 20.3 Å². The third-order valence-electron chi connectivity index (χ3n) is 0. The Balaban J connectivity index is -0.0000000240. The van der Waals surface area contributed by atoms with Gasteiger partial charge in [-0.2, -0.15) is 0 Å². The summed E-state index contributed by atoms with van der Waals surface area (Å²) in [5.41, 5.74) is 0. The van der Waals surface area contributed by atoms with Crippen LogP contribution in [0.15, 0.2) is 0 Å². The van der Waals surface area contributed by atoms with E-state index in [2.05, 4.69) is 0 Å². The average Bonchev–Trinajstić information content (AvgIpc) is 2.30. The second kappa shape index (κ2) is 56.5. The normalized spacial score (nSPS) is 5.65. The summed E-state index contributed by atoms with van der Waals surface area (Å²) < 4.78 is 0. The van der Waals surface area contributed by atoms with Gasteiger partial charge in [-0.05, 0) is 0 Å². The molecule has 1 radical (unpaired) electrons. The van der Waals surface area contributed by atoms with Gasteiger partial charge < -0.3 is 88.3 Å². The Kier molecular flexibility index (Phi) is 105. The fraction of sp³-hybridized carbons (Fsp3) is 0. The molecule has 0 aromatic carbocycles. The second-order valence-electron chi connectivity index (χ2n) is 1.85. The zero-order chi connectivity index (χ0) is 28.6. The number of hydrogen-bond acceptors (Lipinski definition) is 20. The van der Waals surface area contributed by atoms with Crippen LogP contribution in [-0.4, -0.2) is 61.5 Å². The molecular weight excluding hydrogens is 650 g/mol. The Bertz CT molecular complexity index is 363. The van der Waals surface area contributed by atoms with Gasteiger partial charge in [-0.15, -0.1) is 40.5 Å². The van der Waals surface area contributed by atoms with Gasteiger partial charge in [0.15, 0.2) is 0 Å². The van der Waals surface area contributed by atoms with Crippen LogP contribution >= 0.6 is 0 Å². The Morgan fingerprint density at radius 3 is 0.324 bits per heavy atom. The van der Waals surface area contributed by atoms with Gasteiger partial charge in [-0.3, -0.25) is 0 Å². The molecule has 0 saturated heterocycles. The molecule has 0 aliphatic rings. The van der Waals surface area contributed by atoms with E-state index in [1.54, 1.807) is 0 Å². The molecule has 0 rings (SSSR count). The van der Waals surface area contributed by atoms with Gasteiger partial charge in [0.2, 0.25) is 0 Å². The largest absolute Gasteiger partial charge is 3.00 e. The van der Waals surface area contributed by atoms with Crippen molar-refractivity contribution in [2.45, 2.75) is 0 Å². The minimum absolute atomic E-state index is 0. The minimum atomic E-state index is -1.75. The van der Waals surface area contributed by atoms with E-state index in [9.17, 15) is 0 Å². The maximum absolute atomic E-state index is 8.36. The summed E-state index contributed by atoms with van der Waals surface area (Å²) in [5, 5.41) is 114. The first-order valence-electron chi connectivity index (χ1n) is 4.45. The van der Waals surface area contributed by atoms with Crippen LogP contribution in [0.3, 0.4) is 0 Å². The van der Waals surface area contributed by atoms with Crippen LogP contribution in [0.4, 0.5) is 0 Å². The van der Waals surface area contributed by atoms with Crippen molar-refractivity contribution in [3.8, 4) is 0 Å². The van der Waals surface area contributed by atoms with E-state index in [-0.39, 0.29) is 47.9 Å². The Labute approximate surface area is 211 Å². The van der Waals surface area contributed by atoms with Crippen molar-refractivity contribution in [2.24, 2.45) is 0 Å². The van der Waals surface area contributed by atoms with Crippen LogP contribution in [0.2, 0.25) is 0 Å². The fourth-order valence-corrected chi connectivity index (χ4v) is 0. The van der Waals surface area contributed by atoms with Crippen molar-refractivity contribution in [3.63, 3.8) is 0 Å². The molecule has 201 valence electrons. The minimum Gasteiger partial charge on any atom is -0.369 e. The van der Waals surface area contributed by atoms with Crippen molar-refractivity contribution in [2.75, 3.05) is 0 Å². The summed E-state index contributed by atoms with van der Waals surface area (Å²) in [6.07, 6.45) is 0. The van der Waals surface area contributed by atoms with Crippen LogP contribution in [0.5, 0.6) is 0 Å². The van der Waals surface area contributed by atoms with Crippen molar-refractivity contribution >= 4 is 0 Å². The van der Waals surface area contributed by atoms with Gasteiger partial charge in [0.25, 0.3) is 20.3 Å². The second-order valence-corrected chi connectivity index (χ2v) is 1.85. The molecule has 0 amide bonds. The molecule has 0 saturated carbocycles. The summed E-state index contributed by atoms with van der Waals surface area (Å²) in [5.74, 6) is 0. The smallest absolute Gasteiger partial charge is 0.369 e. The van der Waals surface area contributed by atoms with E-state index in [0.29, 0.717) is 0 Å². The molecule has 0 fully saturated rings. The molecule has 0 bridgehead atoms. The quantitative estimate of drug-likeness (QED) is 0.139. The SMILES string of the molecule is O=[N+]([O-])O.O=[N+]([O-])O.O=[N+]([O-])O.O=[N+]([O-])O.O=[N+]([O-])[O-].O=[N+]([O-])[O-].O=[N+]([O-])[O-].O=[N+]([O-])[O-].[Ce+3].[NH4+]. The topological polar surface area (TPSA) is 555 Å². The van der Waals surface area contributed by atoms with E-state index in [4.69, 9.17) is 123 Å². The van der Waals surface area contributed by atoms with Crippen LogP contribution < -0.4 is 6.15 Å². The van der Waals surface area contributed by atoms with E-state index in [0.717, 1.165) is 0 Å². The molecule has 0 aromatic heterocycles. The summed E-state index contributed by atoms with van der Waals surface area (Å²) in [6, 6.07) is 0. The molecule has 0 aromatic rings. The van der Waals surface area contributed by atoms with Crippen LogP contribution in [0.1, 0.15) is 0 Å². The van der Waals surface area contributed by atoms with Crippen molar-refractivity contribution in [3.05, 3.63) is 102 Å². The molecule has 34 heavy (non-hydrogen) atoms. The number of nitrogens with zero attached hydrogens (tertiary/aromatic N) is 8. The molecule has 0 aliphatic heterocycles. The number of quaternary nitrogens is 1. The van der Waals surface area contributed by atoms with Crippen LogP contribution in [0.25, 0.3) is 0 Å². The monoisotopic (exact) mass is 658 g/mol. The third kappa shape index (κ3) is 707.